The molecule has 1 saturated heterocycles. The standard InChI is InChI=1S/C17H28N4O4S2/c1-4-25-15-6-5-14(19-17(26)18-7-8-20(2)3)13-16(15)27(22,23)21-9-11-24-12-10-21/h5-6,13H,4,7-12H2,1-3H3,(H2,18,19,26)/p+1. The molecule has 2 rings (SSSR count). The van der Waals surface area contributed by atoms with Crippen molar-refractivity contribution in [3.63, 3.8) is 0 Å². The fourth-order valence-corrected chi connectivity index (χ4v) is 4.37. The molecular weight excluding hydrogens is 388 g/mol. The van der Waals surface area contributed by atoms with Gasteiger partial charge in [0.15, 0.2) is 5.11 Å². The van der Waals surface area contributed by atoms with E-state index in [-0.39, 0.29) is 4.90 Å². The molecule has 0 bridgehead atoms. The van der Waals surface area contributed by atoms with Crippen LogP contribution in [0.25, 0.3) is 0 Å². The van der Waals surface area contributed by atoms with Crippen molar-refractivity contribution in [2.45, 2.75) is 11.8 Å². The van der Waals surface area contributed by atoms with Gasteiger partial charge in [0.2, 0.25) is 10.0 Å². The lowest BCUT2D eigenvalue weighted by Crippen LogP contribution is -3.06. The number of nitrogens with one attached hydrogen (secondary N) is 3. The number of rotatable bonds is 8. The van der Waals surface area contributed by atoms with E-state index in [1.165, 1.54) is 9.21 Å². The molecule has 0 atom stereocenters. The summed E-state index contributed by atoms with van der Waals surface area (Å²) in [6.45, 7) is 5.29. The van der Waals surface area contributed by atoms with Crippen molar-refractivity contribution in [3.05, 3.63) is 18.2 Å². The van der Waals surface area contributed by atoms with Gasteiger partial charge in [-0.15, -0.1) is 0 Å². The van der Waals surface area contributed by atoms with E-state index in [0.29, 0.717) is 49.5 Å². The first-order chi connectivity index (χ1) is 12.8. The van der Waals surface area contributed by atoms with Gasteiger partial charge >= 0.3 is 0 Å². The third-order valence-electron chi connectivity index (χ3n) is 4.00. The van der Waals surface area contributed by atoms with E-state index in [2.05, 4.69) is 24.7 Å². The SMILES string of the molecule is CCOc1ccc(NC(=S)NCC[NH+](C)C)cc1S(=O)(=O)N1CCOCC1. The Labute approximate surface area is 166 Å². The van der Waals surface area contributed by atoms with E-state index in [1.807, 2.05) is 6.92 Å². The van der Waals surface area contributed by atoms with E-state index >= 15 is 0 Å². The normalized spacial score (nSPS) is 15.6. The Hall–Kier alpha value is -1.46. The largest absolute Gasteiger partial charge is 0.492 e. The maximum Gasteiger partial charge on any atom is 0.246 e. The summed E-state index contributed by atoms with van der Waals surface area (Å²) in [5, 5.41) is 6.62. The average Bonchev–Trinajstić information content (AvgIpc) is 2.63. The third-order valence-corrected chi connectivity index (χ3v) is 6.17. The maximum atomic E-state index is 13.1. The Morgan fingerprint density at radius 3 is 2.67 bits per heavy atom. The van der Waals surface area contributed by atoms with Crippen molar-refractivity contribution in [1.82, 2.24) is 9.62 Å². The Bertz CT molecular complexity index is 734. The third kappa shape index (κ3) is 6.28. The molecule has 8 nitrogen and oxygen atoms in total. The number of benzene rings is 1. The number of thiocarbonyl (C=S) groups is 1. The van der Waals surface area contributed by atoms with E-state index in [9.17, 15) is 8.42 Å². The summed E-state index contributed by atoms with van der Waals surface area (Å²) < 4.78 is 38.4. The van der Waals surface area contributed by atoms with Crippen LogP contribution < -0.4 is 20.3 Å². The van der Waals surface area contributed by atoms with Gasteiger partial charge in [0.25, 0.3) is 0 Å². The van der Waals surface area contributed by atoms with Crippen LogP contribution in [0.15, 0.2) is 23.1 Å². The molecule has 1 aromatic carbocycles. The van der Waals surface area contributed by atoms with Crippen molar-refractivity contribution in [2.75, 3.05) is 65.4 Å². The van der Waals surface area contributed by atoms with Gasteiger partial charge in [-0.05, 0) is 37.3 Å². The number of likely N-dealkylation sites (N-methyl/N-ethyl adjacent to an activating group) is 1. The van der Waals surface area contributed by atoms with Crippen LogP contribution in [-0.4, -0.2) is 77.9 Å². The zero-order valence-electron chi connectivity index (χ0n) is 16.1. The topological polar surface area (TPSA) is 84.3 Å². The number of hydrogen-bond acceptors (Lipinski definition) is 5. The van der Waals surface area contributed by atoms with Crippen molar-refractivity contribution in [3.8, 4) is 5.75 Å². The molecule has 0 saturated carbocycles. The molecule has 3 N–H and O–H groups in total. The zero-order chi connectivity index (χ0) is 19.9. The van der Waals surface area contributed by atoms with Gasteiger partial charge < -0.3 is 25.0 Å². The first kappa shape index (κ1) is 21.8. The molecule has 1 aromatic rings. The second-order valence-corrected chi connectivity index (χ2v) is 8.76. The number of nitrogens with zero attached hydrogens (tertiary/aromatic N) is 1. The summed E-state index contributed by atoms with van der Waals surface area (Å²) in [6, 6.07) is 4.99. The molecule has 1 aliphatic heterocycles. The molecule has 0 radical (unpaired) electrons. The molecule has 1 fully saturated rings. The molecule has 0 unspecified atom stereocenters. The highest BCUT2D eigenvalue weighted by atomic mass is 32.2. The van der Waals surface area contributed by atoms with Crippen LogP contribution in [0.1, 0.15) is 6.92 Å². The highest BCUT2D eigenvalue weighted by Crippen LogP contribution is 2.30. The monoisotopic (exact) mass is 417 g/mol. The van der Waals surface area contributed by atoms with Gasteiger partial charge in [-0.25, -0.2) is 8.42 Å². The average molecular weight is 418 g/mol. The van der Waals surface area contributed by atoms with Crippen LogP contribution >= 0.6 is 12.2 Å². The van der Waals surface area contributed by atoms with Crippen molar-refractivity contribution >= 4 is 33.0 Å². The van der Waals surface area contributed by atoms with Gasteiger partial charge in [0.1, 0.15) is 10.6 Å². The van der Waals surface area contributed by atoms with Crippen LogP contribution in [0.2, 0.25) is 0 Å². The first-order valence-electron chi connectivity index (χ1n) is 9.03. The van der Waals surface area contributed by atoms with E-state index < -0.39 is 10.0 Å². The molecule has 0 spiro atoms. The fourth-order valence-electron chi connectivity index (χ4n) is 2.59. The fraction of sp³-hybridized carbons (Fsp3) is 0.588. The van der Waals surface area contributed by atoms with Crippen molar-refractivity contribution in [1.29, 1.82) is 0 Å². The Balaban J connectivity index is 2.19. The van der Waals surface area contributed by atoms with E-state index in [1.54, 1.807) is 18.2 Å². The molecular formula is C17H29N4O4S2+. The number of hydrogen-bond donors (Lipinski definition) is 3. The van der Waals surface area contributed by atoms with Gasteiger partial charge in [-0.1, -0.05) is 0 Å². The van der Waals surface area contributed by atoms with E-state index in [0.717, 1.165) is 13.1 Å². The Morgan fingerprint density at radius 1 is 1.33 bits per heavy atom. The second kappa shape index (κ2) is 10.2. The quantitative estimate of drug-likeness (QED) is 0.494. The number of ether oxygens (including phenoxy) is 2. The zero-order valence-corrected chi connectivity index (χ0v) is 17.7. The lowest BCUT2D eigenvalue weighted by molar-refractivity contribution is -0.856. The molecule has 1 heterocycles. The molecule has 0 amide bonds. The summed E-state index contributed by atoms with van der Waals surface area (Å²) in [5.74, 6) is 0.338. The van der Waals surface area contributed by atoms with Gasteiger partial charge in [0.05, 0.1) is 47.0 Å². The first-order valence-corrected chi connectivity index (χ1v) is 10.9. The molecule has 1 aliphatic rings. The van der Waals surface area contributed by atoms with Crippen LogP contribution in [-0.2, 0) is 14.8 Å². The minimum Gasteiger partial charge on any atom is -0.492 e. The second-order valence-electron chi connectivity index (χ2n) is 6.45. The highest BCUT2D eigenvalue weighted by molar-refractivity contribution is 7.89. The molecule has 0 aromatic heterocycles. The predicted molar refractivity (Wildman–Crippen MR) is 109 cm³/mol. The number of sulfonamides is 1. The van der Waals surface area contributed by atoms with Crippen LogP contribution in [0, 0.1) is 0 Å². The van der Waals surface area contributed by atoms with Crippen LogP contribution in [0.4, 0.5) is 5.69 Å². The van der Waals surface area contributed by atoms with Crippen LogP contribution in [0.3, 0.4) is 0 Å². The summed E-state index contributed by atoms with van der Waals surface area (Å²) in [5.41, 5.74) is 0.597. The molecule has 27 heavy (non-hydrogen) atoms. The summed E-state index contributed by atoms with van der Waals surface area (Å²) in [7, 11) is 0.446. The smallest absolute Gasteiger partial charge is 0.246 e. The lowest BCUT2D eigenvalue weighted by Gasteiger charge is -2.27. The highest BCUT2D eigenvalue weighted by Gasteiger charge is 2.29. The Kier molecular flexibility index (Phi) is 8.24. The van der Waals surface area contributed by atoms with Gasteiger partial charge in [-0.2, -0.15) is 4.31 Å². The number of quaternary nitrogens is 1. The molecule has 10 heteroatoms. The van der Waals surface area contributed by atoms with Crippen molar-refractivity contribution < 1.29 is 22.8 Å². The summed E-state index contributed by atoms with van der Waals surface area (Å²) in [6.07, 6.45) is 0. The molecule has 152 valence electrons. The van der Waals surface area contributed by atoms with E-state index in [4.69, 9.17) is 21.7 Å². The Morgan fingerprint density at radius 2 is 2.04 bits per heavy atom. The van der Waals surface area contributed by atoms with Gasteiger partial charge in [0, 0.05) is 18.8 Å². The lowest BCUT2D eigenvalue weighted by atomic mass is 10.3. The summed E-state index contributed by atoms with van der Waals surface area (Å²) >= 11 is 5.29. The minimum absolute atomic E-state index is 0.136. The number of anilines is 1. The van der Waals surface area contributed by atoms with Crippen molar-refractivity contribution in [2.24, 2.45) is 0 Å². The predicted octanol–water partition coefficient (Wildman–Crippen LogP) is -0.463. The minimum atomic E-state index is -3.68. The maximum absolute atomic E-state index is 13.1. The van der Waals surface area contributed by atoms with Gasteiger partial charge in [-0.3, -0.25) is 0 Å². The number of morpholine rings is 1. The summed E-state index contributed by atoms with van der Waals surface area (Å²) in [4.78, 5) is 1.45. The molecule has 0 aliphatic carbocycles. The van der Waals surface area contributed by atoms with Crippen LogP contribution in [0.5, 0.6) is 5.75 Å².